The van der Waals surface area contributed by atoms with Crippen molar-refractivity contribution < 1.29 is 9.18 Å². The van der Waals surface area contributed by atoms with E-state index in [0.717, 1.165) is 44.3 Å². The molecule has 0 bridgehead atoms. The molecule has 0 aromatic heterocycles. The van der Waals surface area contributed by atoms with Crippen LogP contribution in [0.25, 0.3) is 0 Å². The summed E-state index contributed by atoms with van der Waals surface area (Å²) in [7, 11) is 0. The van der Waals surface area contributed by atoms with Crippen molar-refractivity contribution in [3.8, 4) is 0 Å². The average molecular weight is 340 g/mol. The van der Waals surface area contributed by atoms with Crippen LogP contribution in [0.3, 0.4) is 0 Å². The number of amides is 1. The van der Waals surface area contributed by atoms with Crippen LogP contribution >= 0.6 is 11.6 Å². The van der Waals surface area contributed by atoms with E-state index in [4.69, 9.17) is 17.3 Å². The molecule has 2 fully saturated rings. The molecule has 3 rings (SSSR count). The highest BCUT2D eigenvalue weighted by molar-refractivity contribution is 6.31. The number of hydrogen-bond donors (Lipinski definition) is 1. The highest BCUT2D eigenvalue weighted by Crippen LogP contribution is 2.29. The van der Waals surface area contributed by atoms with Crippen LogP contribution in [0.15, 0.2) is 18.2 Å². The van der Waals surface area contributed by atoms with E-state index in [1.165, 1.54) is 12.1 Å². The lowest BCUT2D eigenvalue weighted by Crippen LogP contribution is -2.58. The minimum absolute atomic E-state index is 0.106. The third-order valence-electron chi connectivity index (χ3n) is 4.99. The standard InChI is InChI=1S/C17H23ClFN3O/c18-15-11-14(19)4-3-13(15)12-21-7-9-22(10-8-21)16(23)17(20)5-1-2-6-17/h3-4,11H,1-2,5-10,12,20H2. The first kappa shape index (κ1) is 16.7. The molecule has 1 saturated heterocycles. The predicted molar refractivity (Wildman–Crippen MR) is 88.7 cm³/mol. The van der Waals surface area contributed by atoms with Crippen molar-refractivity contribution in [2.24, 2.45) is 5.73 Å². The number of nitrogens with zero attached hydrogens (tertiary/aromatic N) is 2. The zero-order valence-corrected chi connectivity index (χ0v) is 14.0. The first-order valence-corrected chi connectivity index (χ1v) is 8.60. The van der Waals surface area contributed by atoms with Crippen molar-refractivity contribution in [1.82, 2.24) is 9.80 Å². The Labute approximate surface area is 141 Å². The van der Waals surface area contributed by atoms with Gasteiger partial charge in [-0.25, -0.2) is 4.39 Å². The monoisotopic (exact) mass is 339 g/mol. The fourth-order valence-corrected chi connectivity index (χ4v) is 3.76. The fourth-order valence-electron chi connectivity index (χ4n) is 3.53. The molecule has 1 amide bonds. The summed E-state index contributed by atoms with van der Waals surface area (Å²) in [6, 6.07) is 4.50. The van der Waals surface area contributed by atoms with Crippen molar-refractivity contribution in [3.63, 3.8) is 0 Å². The molecule has 23 heavy (non-hydrogen) atoms. The number of carbonyl (C=O) groups is 1. The van der Waals surface area contributed by atoms with Crippen molar-refractivity contribution >= 4 is 17.5 Å². The van der Waals surface area contributed by atoms with Crippen molar-refractivity contribution in [3.05, 3.63) is 34.6 Å². The molecule has 1 aliphatic carbocycles. The molecule has 1 heterocycles. The molecule has 0 atom stereocenters. The Balaban J connectivity index is 1.55. The number of halogens is 2. The molecule has 1 aromatic carbocycles. The van der Waals surface area contributed by atoms with Crippen LogP contribution in [0.1, 0.15) is 31.2 Å². The van der Waals surface area contributed by atoms with Gasteiger partial charge in [-0.05, 0) is 30.5 Å². The summed E-state index contributed by atoms with van der Waals surface area (Å²) in [5.41, 5.74) is 6.55. The topological polar surface area (TPSA) is 49.6 Å². The van der Waals surface area contributed by atoms with Crippen LogP contribution in [-0.2, 0) is 11.3 Å². The van der Waals surface area contributed by atoms with Gasteiger partial charge in [0.05, 0.1) is 5.54 Å². The molecule has 1 aromatic rings. The van der Waals surface area contributed by atoms with E-state index in [9.17, 15) is 9.18 Å². The largest absolute Gasteiger partial charge is 0.339 e. The Morgan fingerprint density at radius 1 is 1.22 bits per heavy atom. The lowest BCUT2D eigenvalue weighted by Gasteiger charge is -2.38. The summed E-state index contributed by atoms with van der Waals surface area (Å²) in [5.74, 6) is -0.214. The quantitative estimate of drug-likeness (QED) is 0.920. The Hall–Kier alpha value is -1.17. The van der Waals surface area contributed by atoms with Crippen LogP contribution in [0.2, 0.25) is 5.02 Å². The molecular weight excluding hydrogens is 317 g/mol. The first-order valence-electron chi connectivity index (χ1n) is 8.22. The molecule has 0 unspecified atom stereocenters. The maximum Gasteiger partial charge on any atom is 0.242 e. The summed E-state index contributed by atoms with van der Waals surface area (Å²) in [5, 5.41) is 0.454. The number of carbonyl (C=O) groups excluding carboxylic acids is 1. The van der Waals surface area contributed by atoms with Gasteiger partial charge in [0.1, 0.15) is 5.82 Å². The number of piperazine rings is 1. The first-order chi connectivity index (χ1) is 11.0. The SMILES string of the molecule is NC1(C(=O)N2CCN(Cc3ccc(F)cc3Cl)CC2)CCCC1. The molecule has 4 nitrogen and oxygen atoms in total. The fraction of sp³-hybridized carbons (Fsp3) is 0.588. The van der Waals surface area contributed by atoms with Gasteiger partial charge in [0.15, 0.2) is 0 Å². The van der Waals surface area contributed by atoms with E-state index in [1.54, 1.807) is 6.07 Å². The highest BCUT2D eigenvalue weighted by atomic mass is 35.5. The third kappa shape index (κ3) is 3.67. The number of benzene rings is 1. The van der Waals surface area contributed by atoms with E-state index in [1.807, 2.05) is 4.90 Å². The van der Waals surface area contributed by atoms with Crippen LogP contribution in [-0.4, -0.2) is 47.4 Å². The summed E-state index contributed by atoms with van der Waals surface area (Å²) < 4.78 is 13.1. The van der Waals surface area contributed by atoms with Crippen LogP contribution in [0.4, 0.5) is 4.39 Å². The van der Waals surface area contributed by atoms with Gasteiger partial charge >= 0.3 is 0 Å². The van der Waals surface area contributed by atoms with E-state index in [-0.39, 0.29) is 11.7 Å². The maximum absolute atomic E-state index is 13.1. The molecule has 0 radical (unpaired) electrons. The Bertz CT molecular complexity index is 581. The zero-order chi connectivity index (χ0) is 16.4. The maximum atomic E-state index is 13.1. The molecule has 2 N–H and O–H groups in total. The minimum atomic E-state index is -0.636. The second-order valence-electron chi connectivity index (χ2n) is 6.67. The Morgan fingerprint density at radius 2 is 1.87 bits per heavy atom. The number of rotatable bonds is 3. The van der Waals surface area contributed by atoms with E-state index in [2.05, 4.69) is 4.90 Å². The normalized spacial score (nSPS) is 21.6. The molecule has 2 aliphatic rings. The lowest BCUT2D eigenvalue weighted by molar-refractivity contribution is -0.138. The predicted octanol–water partition coefficient (Wildman–Crippen LogP) is 2.39. The third-order valence-corrected chi connectivity index (χ3v) is 5.34. The summed E-state index contributed by atoms with van der Waals surface area (Å²) in [6.07, 6.45) is 3.70. The van der Waals surface area contributed by atoms with Crippen LogP contribution in [0.5, 0.6) is 0 Å². The number of nitrogens with two attached hydrogens (primary N) is 1. The van der Waals surface area contributed by atoms with Crippen LogP contribution < -0.4 is 5.73 Å². The summed E-state index contributed by atoms with van der Waals surface area (Å²) in [4.78, 5) is 16.7. The van der Waals surface area contributed by atoms with E-state index < -0.39 is 5.54 Å². The minimum Gasteiger partial charge on any atom is -0.339 e. The van der Waals surface area contributed by atoms with Crippen molar-refractivity contribution in [2.75, 3.05) is 26.2 Å². The lowest BCUT2D eigenvalue weighted by atomic mass is 9.97. The van der Waals surface area contributed by atoms with Crippen molar-refractivity contribution in [2.45, 2.75) is 37.8 Å². The van der Waals surface area contributed by atoms with E-state index >= 15 is 0 Å². The average Bonchev–Trinajstić information content (AvgIpc) is 2.98. The zero-order valence-electron chi connectivity index (χ0n) is 13.2. The van der Waals surface area contributed by atoms with Gasteiger partial charge in [-0.15, -0.1) is 0 Å². The van der Waals surface area contributed by atoms with Gasteiger partial charge in [0, 0.05) is 37.7 Å². The van der Waals surface area contributed by atoms with Gasteiger partial charge < -0.3 is 10.6 Å². The smallest absolute Gasteiger partial charge is 0.242 e. The van der Waals surface area contributed by atoms with Gasteiger partial charge in [0.2, 0.25) is 5.91 Å². The molecule has 126 valence electrons. The second-order valence-corrected chi connectivity index (χ2v) is 7.07. The number of hydrogen-bond acceptors (Lipinski definition) is 3. The molecule has 1 saturated carbocycles. The van der Waals surface area contributed by atoms with Crippen molar-refractivity contribution in [1.29, 1.82) is 0 Å². The Kier molecular flexibility index (Phi) is 4.90. The second kappa shape index (κ2) is 6.75. The van der Waals surface area contributed by atoms with Gasteiger partial charge in [-0.3, -0.25) is 9.69 Å². The van der Waals surface area contributed by atoms with Gasteiger partial charge in [-0.2, -0.15) is 0 Å². The molecule has 0 spiro atoms. The van der Waals surface area contributed by atoms with Gasteiger partial charge in [0.25, 0.3) is 0 Å². The summed E-state index contributed by atoms with van der Waals surface area (Å²) in [6.45, 7) is 3.63. The van der Waals surface area contributed by atoms with E-state index in [0.29, 0.717) is 24.7 Å². The molecule has 1 aliphatic heterocycles. The van der Waals surface area contributed by atoms with Gasteiger partial charge in [-0.1, -0.05) is 30.5 Å². The molecular formula is C17H23ClFN3O. The highest BCUT2D eigenvalue weighted by Gasteiger charge is 2.40. The summed E-state index contributed by atoms with van der Waals surface area (Å²) >= 11 is 6.08. The molecule has 6 heteroatoms. The Morgan fingerprint density at radius 3 is 2.48 bits per heavy atom. The van der Waals surface area contributed by atoms with Crippen LogP contribution in [0, 0.1) is 5.82 Å².